The second-order valence-corrected chi connectivity index (χ2v) is 9.48. The van der Waals surface area contributed by atoms with Crippen molar-refractivity contribution in [1.29, 1.82) is 0 Å². The van der Waals surface area contributed by atoms with E-state index in [2.05, 4.69) is 15.4 Å². The third-order valence-corrected chi connectivity index (χ3v) is 7.09. The van der Waals surface area contributed by atoms with Crippen LogP contribution >= 0.6 is 0 Å². The zero-order chi connectivity index (χ0) is 22.8. The molecule has 0 aliphatic heterocycles. The molecule has 0 bridgehead atoms. The molecule has 11 nitrogen and oxygen atoms in total. The standard InChI is InChI=1S/C18H19FN6O5S/c1-18(17(27)22-28,31(2,29)30)7-8-24-10-15(19)14(9-16(24)26)12-3-5-13(6-4-12)25-21-11-20-23-25/h3-6,9-11,28H,7-8H2,1-2H3,(H,22,27). The first-order chi connectivity index (χ1) is 14.6. The lowest BCUT2D eigenvalue weighted by atomic mass is 10.0. The number of hydrogen-bond donors (Lipinski definition) is 2. The van der Waals surface area contributed by atoms with Gasteiger partial charge in [-0.2, -0.15) is 0 Å². The summed E-state index contributed by atoms with van der Waals surface area (Å²) in [4.78, 5) is 25.7. The minimum atomic E-state index is -3.94. The van der Waals surface area contributed by atoms with E-state index in [1.165, 1.54) is 16.6 Å². The summed E-state index contributed by atoms with van der Waals surface area (Å²) in [6.45, 7) is 0.860. The maximum Gasteiger partial charge on any atom is 0.264 e. The number of tetrazole rings is 1. The Morgan fingerprint density at radius 2 is 1.97 bits per heavy atom. The second-order valence-electron chi connectivity index (χ2n) is 7.03. The van der Waals surface area contributed by atoms with E-state index in [0.29, 0.717) is 11.3 Å². The van der Waals surface area contributed by atoms with Gasteiger partial charge in [0.25, 0.3) is 11.5 Å². The topological polar surface area (TPSA) is 149 Å². The van der Waals surface area contributed by atoms with Crippen LogP contribution in [0.3, 0.4) is 0 Å². The molecule has 1 aromatic carbocycles. The van der Waals surface area contributed by atoms with Crippen LogP contribution in [0.1, 0.15) is 13.3 Å². The lowest BCUT2D eigenvalue weighted by molar-refractivity contribution is -0.131. The van der Waals surface area contributed by atoms with E-state index < -0.39 is 31.9 Å². The summed E-state index contributed by atoms with van der Waals surface area (Å²) in [7, 11) is -3.94. The molecule has 0 saturated carbocycles. The van der Waals surface area contributed by atoms with Gasteiger partial charge in [-0.3, -0.25) is 14.8 Å². The third-order valence-electron chi connectivity index (χ3n) is 5.07. The summed E-state index contributed by atoms with van der Waals surface area (Å²) >= 11 is 0. The molecule has 0 spiro atoms. The van der Waals surface area contributed by atoms with Crippen LogP contribution in [-0.2, 0) is 21.2 Å². The fourth-order valence-electron chi connectivity index (χ4n) is 2.92. The van der Waals surface area contributed by atoms with Gasteiger partial charge in [-0.15, -0.1) is 15.0 Å². The highest BCUT2D eigenvalue weighted by molar-refractivity contribution is 7.92. The third kappa shape index (κ3) is 4.36. The van der Waals surface area contributed by atoms with Gasteiger partial charge in [-0.25, -0.2) is 18.3 Å². The molecule has 1 unspecified atom stereocenters. The van der Waals surface area contributed by atoms with Crippen LogP contribution in [0, 0.1) is 5.82 Å². The number of sulfone groups is 1. The molecule has 0 aliphatic rings. The smallest absolute Gasteiger partial charge is 0.264 e. The van der Waals surface area contributed by atoms with Crippen LogP contribution < -0.4 is 11.0 Å². The van der Waals surface area contributed by atoms with Crippen molar-refractivity contribution in [3.63, 3.8) is 0 Å². The molecule has 1 atom stereocenters. The number of hydrogen-bond acceptors (Lipinski definition) is 8. The quantitative estimate of drug-likeness (QED) is 0.386. The van der Waals surface area contributed by atoms with E-state index in [1.54, 1.807) is 24.3 Å². The predicted molar refractivity (Wildman–Crippen MR) is 107 cm³/mol. The molecule has 2 N–H and O–H groups in total. The van der Waals surface area contributed by atoms with Crippen LogP contribution in [0.25, 0.3) is 16.8 Å². The zero-order valence-corrected chi connectivity index (χ0v) is 17.4. The number of benzene rings is 1. The summed E-state index contributed by atoms with van der Waals surface area (Å²) in [6, 6.07) is 7.53. The first kappa shape index (κ1) is 22.2. The molecule has 0 saturated heterocycles. The van der Waals surface area contributed by atoms with Gasteiger partial charge in [-0.05, 0) is 36.3 Å². The molecule has 0 fully saturated rings. The Bertz CT molecular complexity index is 1260. The number of carbonyl (C=O) groups is 1. The van der Waals surface area contributed by atoms with E-state index in [1.807, 2.05) is 0 Å². The molecule has 1 amide bonds. The SMILES string of the molecule is CC(CCn1cc(F)c(-c2ccc(-n3ncnn3)cc2)cc1=O)(C(=O)NO)S(C)(=O)=O. The van der Waals surface area contributed by atoms with Gasteiger partial charge in [0.1, 0.15) is 5.82 Å². The van der Waals surface area contributed by atoms with Crippen molar-refractivity contribution >= 4 is 15.7 Å². The van der Waals surface area contributed by atoms with Crippen LogP contribution in [0.5, 0.6) is 0 Å². The van der Waals surface area contributed by atoms with Gasteiger partial charge >= 0.3 is 0 Å². The molecule has 3 rings (SSSR count). The number of pyridine rings is 1. The Morgan fingerprint density at radius 3 is 2.52 bits per heavy atom. The highest BCUT2D eigenvalue weighted by atomic mass is 32.2. The lowest BCUT2D eigenvalue weighted by Crippen LogP contribution is -2.50. The molecular formula is C18H19FN6O5S. The van der Waals surface area contributed by atoms with E-state index in [4.69, 9.17) is 5.21 Å². The molecule has 3 aromatic rings. The van der Waals surface area contributed by atoms with Crippen LogP contribution in [0.4, 0.5) is 4.39 Å². The zero-order valence-electron chi connectivity index (χ0n) is 16.6. The maximum atomic E-state index is 14.7. The van der Waals surface area contributed by atoms with E-state index >= 15 is 0 Å². The second kappa shape index (κ2) is 8.35. The average molecular weight is 450 g/mol. The summed E-state index contributed by atoms with van der Waals surface area (Å²) in [5.41, 5.74) is 1.83. The Hall–Kier alpha value is -3.45. The Kier molecular flexibility index (Phi) is 5.99. The van der Waals surface area contributed by atoms with Crippen molar-refractivity contribution in [3.8, 4) is 16.8 Å². The number of rotatable bonds is 7. The lowest BCUT2D eigenvalue weighted by Gasteiger charge is -2.25. The normalized spacial score (nSPS) is 13.5. The largest absolute Gasteiger partial charge is 0.312 e. The van der Waals surface area contributed by atoms with Crippen LogP contribution in [-0.4, -0.2) is 55.3 Å². The number of aromatic nitrogens is 5. The van der Waals surface area contributed by atoms with E-state index in [0.717, 1.165) is 30.0 Å². The molecule has 2 heterocycles. The number of nitrogens with zero attached hydrogens (tertiary/aromatic N) is 5. The average Bonchev–Trinajstić information content (AvgIpc) is 3.27. The highest BCUT2D eigenvalue weighted by Gasteiger charge is 2.43. The monoisotopic (exact) mass is 450 g/mol. The number of aryl methyl sites for hydroxylation is 1. The number of nitrogens with one attached hydrogen (secondary N) is 1. The first-order valence-electron chi connectivity index (χ1n) is 8.95. The number of carbonyl (C=O) groups excluding carboxylic acids is 1. The Morgan fingerprint density at radius 1 is 1.29 bits per heavy atom. The van der Waals surface area contributed by atoms with Crippen molar-refractivity contribution in [1.82, 2.24) is 30.3 Å². The predicted octanol–water partition coefficient (Wildman–Crippen LogP) is 0.329. The van der Waals surface area contributed by atoms with Crippen molar-refractivity contribution < 1.29 is 22.8 Å². The molecule has 164 valence electrons. The molecule has 0 aliphatic carbocycles. The summed E-state index contributed by atoms with van der Waals surface area (Å²) in [5.74, 6) is -1.85. The molecular weight excluding hydrogens is 431 g/mol. The van der Waals surface area contributed by atoms with Crippen LogP contribution in [0.2, 0.25) is 0 Å². The minimum absolute atomic E-state index is 0.0540. The summed E-state index contributed by atoms with van der Waals surface area (Å²) < 4.78 is 37.8. The Labute approximate surface area is 176 Å². The van der Waals surface area contributed by atoms with Crippen molar-refractivity contribution in [2.45, 2.75) is 24.6 Å². The van der Waals surface area contributed by atoms with Crippen molar-refractivity contribution in [2.75, 3.05) is 6.26 Å². The molecule has 13 heteroatoms. The van der Waals surface area contributed by atoms with Crippen molar-refractivity contribution in [2.24, 2.45) is 0 Å². The first-order valence-corrected chi connectivity index (χ1v) is 10.8. The van der Waals surface area contributed by atoms with E-state index in [-0.39, 0.29) is 18.5 Å². The maximum absolute atomic E-state index is 14.7. The van der Waals surface area contributed by atoms with Gasteiger partial charge in [0.05, 0.1) is 5.69 Å². The molecule has 0 radical (unpaired) electrons. The van der Waals surface area contributed by atoms with Gasteiger partial charge in [0, 0.05) is 30.6 Å². The summed E-state index contributed by atoms with van der Waals surface area (Å²) in [6.07, 6.45) is 2.71. The van der Waals surface area contributed by atoms with E-state index in [9.17, 15) is 22.4 Å². The van der Waals surface area contributed by atoms with Gasteiger partial charge in [0.15, 0.2) is 20.9 Å². The number of amides is 1. The van der Waals surface area contributed by atoms with Gasteiger partial charge in [0.2, 0.25) is 0 Å². The van der Waals surface area contributed by atoms with Crippen molar-refractivity contribution in [3.05, 3.63) is 59.0 Å². The fourth-order valence-corrected chi connectivity index (χ4v) is 3.76. The molecule has 31 heavy (non-hydrogen) atoms. The minimum Gasteiger partial charge on any atom is -0.312 e. The Balaban J connectivity index is 1.87. The summed E-state index contributed by atoms with van der Waals surface area (Å²) in [5, 5.41) is 20.1. The molecule has 2 aromatic heterocycles. The fraction of sp³-hybridized carbons (Fsp3) is 0.278. The highest BCUT2D eigenvalue weighted by Crippen LogP contribution is 2.24. The van der Waals surface area contributed by atoms with Gasteiger partial charge < -0.3 is 4.57 Å². The number of halogens is 1. The van der Waals surface area contributed by atoms with Gasteiger partial charge in [-0.1, -0.05) is 12.1 Å². The van der Waals surface area contributed by atoms with Crippen LogP contribution in [0.15, 0.2) is 47.7 Å². The number of hydroxylamine groups is 1.